The Kier molecular flexibility index (Phi) is 6.85. The van der Waals surface area contributed by atoms with Crippen LogP contribution in [0.1, 0.15) is 25.6 Å². The molecule has 2 aromatic carbocycles. The summed E-state index contributed by atoms with van der Waals surface area (Å²) in [7, 11) is 0. The van der Waals surface area contributed by atoms with Crippen LogP contribution < -0.4 is 4.74 Å². The molecule has 2 aliphatic heterocycles. The molecule has 0 unspecified atom stereocenters. The lowest BCUT2D eigenvalue weighted by atomic mass is 10.0. The molecule has 8 heteroatoms. The average Bonchev–Trinajstić information content (AvgIpc) is 3.27. The molecule has 0 aliphatic carbocycles. The number of ether oxygens (including phenoxy) is 1. The highest BCUT2D eigenvalue weighted by Gasteiger charge is 2.37. The molecule has 2 saturated heterocycles. The Morgan fingerprint density at radius 1 is 0.824 bits per heavy atom. The maximum Gasteiger partial charge on any atom is 0.253 e. The second kappa shape index (κ2) is 10.2. The molecule has 0 atom stereocenters. The molecule has 3 heterocycles. The molecule has 176 valence electrons. The maximum absolute atomic E-state index is 12.8. The van der Waals surface area contributed by atoms with Crippen molar-refractivity contribution in [3.8, 4) is 5.75 Å². The Morgan fingerprint density at radius 3 is 2.12 bits per heavy atom. The predicted molar refractivity (Wildman–Crippen MR) is 134 cm³/mol. The molecule has 2 fully saturated rings. The Balaban J connectivity index is 1.07. The first-order valence-corrected chi connectivity index (χ1v) is 12.6. The van der Waals surface area contributed by atoms with Crippen molar-refractivity contribution in [2.75, 3.05) is 39.3 Å². The van der Waals surface area contributed by atoms with Crippen LogP contribution in [0.25, 0.3) is 0 Å². The number of hydrogen-bond acceptors (Lipinski definition) is 5. The molecular formula is C26H26ClN3O3S. The summed E-state index contributed by atoms with van der Waals surface area (Å²) < 4.78 is 6.53. The van der Waals surface area contributed by atoms with Gasteiger partial charge in [0.15, 0.2) is 0 Å². The molecule has 5 rings (SSSR count). The summed E-state index contributed by atoms with van der Waals surface area (Å²) in [4.78, 5) is 32.7. The standard InChI is InChI=1S/C26H26ClN3O3S/c27-24-11-10-23(34-24)18-33-22-8-6-20(7-9-22)26(32)30-16-21(17-30)28-12-14-29(15-13-28)25(31)19-4-2-1-3-5-19/h1-11,21H,12-18H2. The predicted octanol–water partition coefficient (Wildman–Crippen LogP) is 4.26. The zero-order chi connectivity index (χ0) is 23.5. The van der Waals surface area contributed by atoms with Crippen LogP contribution in [0.5, 0.6) is 5.75 Å². The third-order valence-corrected chi connectivity index (χ3v) is 7.60. The second-order valence-electron chi connectivity index (χ2n) is 8.58. The first kappa shape index (κ1) is 22.9. The van der Waals surface area contributed by atoms with E-state index in [1.807, 2.05) is 76.5 Å². The number of likely N-dealkylation sites (tertiary alicyclic amines) is 1. The lowest BCUT2D eigenvalue weighted by Crippen LogP contribution is -2.64. The SMILES string of the molecule is O=C(c1ccccc1)N1CCN(C2CN(C(=O)c3ccc(OCc4ccc(Cl)s4)cc3)C2)CC1. The van der Waals surface area contributed by atoms with Crippen LogP contribution in [0.15, 0.2) is 66.7 Å². The van der Waals surface area contributed by atoms with Gasteiger partial charge in [-0.1, -0.05) is 29.8 Å². The Labute approximate surface area is 208 Å². The summed E-state index contributed by atoms with van der Waals surface area (Å²) in [6, 6.07) is 20.9. The van der Waals surface area contributed by atoms with Gasteiger partial charge >= 0.3 is 0 Å². The van der Waals surface area contributed by atoms with Gasteiger partial charge < -0.3 is 14.5 Å². The van der Waals surface area contributed by atoms with Crippen molar-refractivity contribution in [1.82, 2.24) is 14.7 Å². The molecule has 2 amide bonds. The molecule has 0 N–H and O–H groups in total. The van der Waals surface area contributed by atoms with Crippen molar-refractivity contribution in [1.29, 1.82) is 0 Å². The highest BCUT2D eigenvalue weighted by atomic mass is 35.5. The van der Waals surface area contributed by atoms with Gasteiger partial charge in [-0.3, -0.25) is 14.5 Å². The lowest BCUT2D eigenvalue weighted by Gasteiger charge is -2.48. The number of amides is 2. The van der Waals surface area contributed by atoms with E-state index in [2.05, 4.69) is 4.90 Å². The molecule has 0 bridgehead atoms. The molecule has 0 saturated carbocycles. The Hall–Kier alpha value is -2.87. The summed E-state index contributed by atoms with van der Waals surface area (Å²) in [5.41, 5.74) is 1.41. The number of rotatable bonds is 6. The van der Waals surface area contributed by atoms with E-state index in [9.17, 15) is 9.59 Å². The number of benzene rings is 2. The minimum atomic E-state index is 0.0470. The largest absolute Gasteiger partial charge is 0.488 e. The van der Waals surface area contributed by atoms with Crippen LogP contribution in [-0.4, -0.2) is 71.8 Å². The van der Waals surface area contributed by atoms with E-state index >= 15 is 0 Å². The van der Waals surface area contributed by atoms with Crippen LogP contribution >= 0.6 is 22.9 Å². The zero-order valence-corrected chi connectivity index (χ0v) is 20.3. The molecule has 2 aliphatic rings. The van der Waals surface area contributed by atoms with Crippen LogP contribution in [0.4, 0.5) is 0 Å². The number of thiophene rings is 1. The van der Waals surface area contributed by atoms with Gasteiger partial charge in [-0.15, -0.1) is 11.3 Å². The number of halogens is 1. The fraction of sp³-hybridized carbons (Fsp3) is 0.308. The number of carbonyl (C=O) groups is 2. The van der Waals surface area contributed by atoms with Crippen molar-refractivity contribution in [2.24, 2.45) is 0 Å². The number of carbonyl (C=O) groups excluding carboxylic acids is 2. The van der Waals surface area contributed by atoms with E-state index in [4.69, 9.17) is 16.3 Å². The van der Waals surface area contributed by atoms with Gasteiger partial charge in [-0.05, 0) is 48.5 Å². The van der Waals surface area contributed by atoms with E-state index in [0.29, 0.717) is 18.2 Å². The maximum atomic E-state index is 12.8. The molecular weight excluding hydrogens is 470 g/mol. The summed E-state index contributed by atoms with van der Waals surface area (Å²) in [6.45, 7) is 5.03. The Morgan fingerprint density at radius 2 is 1.47 bits per heavy atom. The second-order valence-corrected chi connectivity index (χ2v) is 10.4. The number of nitrogens with zero attached hydrogens (tertiary/aromatic N) is 3. The minimum Gasteiger partial charge on any atom is -0.488 e. The third-order valence-electron chi connectivity index (χ3n) is 6.40. The quantitative estimate of drug-likeness (QED) is 0.512. The molecule has 6 nitrogen and oxygen atoms in total. The van der Waals surface area contributed by atoms with E-state index in [1.165, 1.54) is 11.3 Å². The fourth-order valence-corrected chi connectivity index (χ4v) is 5.37. The highest BCUT2D eigenvalue weighted by Crippen LogP contribution is 2.24. The summed E-state index contributed by atoms with van der Waals surface area (Å²) in [5, 5.41) is 0. The molecule has 34 heavy (non-hydrogen) atoms. The first-order chi connectivity index (χ1) is 16.6. The summed E-state index contributed by atoms with van der Waals surface area (Å²) in [5.74, 6) is 0.869. The van der Waals surface area contributed by atoms with Gasteiger partial charge in [0.2, 0.25) is 0 Å². The molecule has 3 aromatic rings. The van der Waals surface area contributed by atoms with E-state index in [1.54, 1.807) is 0 Å². The van der Waals surface area contributed by atoms with Gasteiger partial charge in [-0.25, -0.2) is 0 Å². The van der Waals surface area contributed by atoms with E-state index in [-0.39, 0.29) is 11.8 Å². The Bertz CT molecular complexity index is 1140. The minimum absolute atomic E-state index is 0.0470. The van der Waals surface area contributed by atoms with Crippen LogP contribution in [0, 0.1) is 0 Å². The smallest absolute Gasteiger partial charge is 0.253 e. The fourth-order valence-electron chi connectivity index (χ4n) is 4.37. The van der Waals surface area contributed by atoms with Gasteiger partial charge in [0.25, 0.3) is 11.8 Å². The van der Waals surface area contributed by atoms with Crippen LogP contribution in [-0.2, 0) is 6.61 Å². The third kappa shape index (κ3) is 5.12. The summed E-state index contributed by atoms with van der Waals surface area (Å²) >= 11 is 7.45. The van der Waals surface area contributed by atoms with Gasteiger partial charge in [0.05, 0.1) is 4.34 Å². The van der Waals surface area contributed by atoms with E-state index < -0.39 is 0 Å². The topological polar surface area (TPSA) is 53.1 Å². The first-order valence-electron chi connectivity index (χ1n) is 11.4. The van der Waals surface area contributed by atoms with E-state index in [0.717, 1.165) is 59.8 Å². The van der Waals surface area contributed by atoms with Crippen LogP contribution in [0.2, 0.25) is 4.34 Å². The van der Waals surface area contributed by atoms with Crippen molar-refractivity contribution < 1.29 is 14.3 Å². The number of hydrogen-bond donors (Lipinski definition) is 0. The van der Waals surface area contributed by atoms with Crippen molar-refractivity contribution in [3.63, 3.8) is 0 Å². The highest BCUT2D eigenvalue weighted by molar-refractivity contribution is 7.16. The van der Waals surface area contributed by atoms with Gasteiger partial charge in [0, 0.05) is 61.3 Å². The zero-order valence-electron chi connectivity index (χ0n) is 18.7. The lowest BCUT2D eigenvalue weighted by molar-refractivity contribution is 0.00853. The molecule has 0 radical (unpaired) electrons. The number of piperazine rings is 1. The monoisotopic (exact) mass is 495 g/mol. The average molecular weight is 496 g/mol. The molecule has 0 spiro atoms. The summed E-state index contributed by atoms with van der Waals surface area (Å²) in [6.07, 6.45) is 0. The van der Waals surface area contributed by atoms with Crippen molar-refractivity contribution in [3.05, 3.63) is 87.1 Å². The van der Waals surface area contributed by atoms with Gasteiger partial charge in [0.1, 0.15) is 12.4 Å². The van der Waals surface area contributed by atoms with Gasteiger partial charge in [-0.2, -0.15) is 0 Å². The van der Waals surface area contributed by atoms with Crippen molar-refractivity contribution in [2.45, 2.75) is 12.6 Å². The van der Waals surface area contributed by atoms with Crippen LogP contribution in [0.3, 0.4) is 0 Å². The molecule has 1 aromatic heterocycles. The normalized spacial score (nSPS) is 16.9. The van der Waals surface area contributed by atoms with Crippen molar-refractivity contribution >= 4 is 34.8 Å².